The van der Waals surface area contributed by atoms with Gasteiger partial charge in [-0.05, 0) is 46.8 Å². The van der Waals surface area contributed by atoms with E-state index in [2.05, 4.69) is 27.4 Å². The second-order valence-corrected chi connectivity index (χ2v) is 4.86. The van der Waals surface area contributed by atoms with Crippen LogP contribution in [0.15, 0.2) is 15.9 Å². The number of rotatable bonds is 2. The Balaban J connectivity index is 2.08. The molecule has 2 unspecified atom stereocenters. The summed E-state index contributed by atoms with van der Waals surface area (Å²) in [6.45, 7) is 0.847. The minimum absolute atomic E-state index is 0.764. The van der Waals surface area contributed by atoms with Crippen molar-refractivity contribution in [1.29, 1.82) is 0 Å². The molecule has 1 heterocycles. The van der Waals surface area contributed by atoms with Crippen LogP contribution in [0.2, 0.25) is 0 Å². The first kappa shape index (κ1) is 7.77. The van der Waals surface area contributed by atoms with Crippen molar-refractivity contribution in [2.75, 3.05) is 6.54 Å². The summed E-state index contributed by atoms with van der Waals surface area (Å²) in [4.78, 5) is 1.49. The number of hydrogen-bond acceptors (Lipinski definition) is 2. The standard InChI is InChI=1S/C8H10BrNS/c9-6-2-8(11-4-6)7-1-5(7)3-10/h2,4-5,7H,1,3,10H2. The maximum atomic E-state index is 5.56. The molecule has 1 aromatic rings. The largest absolute Gasteiger partial charge is 0.330 e. The van der Waals surface area contributed by atoms with Crippen molar-refractivity contribution in [3.8, 4) is 0 Å². The average Bonchev–Trinajstić information content (AvgIpc) is 2.68. The second kappa shape index (κ2) is 2.88. The molecule has 0 aliphatic heterocycles. The van der Waals surface area contributed by atoms with Gasteiger partial charge in [-0.1, -0.05) is 0 Å². The quantitative estimate of drug-likeness (QED) is 0.833. The molecular weight excluding hydrogens is 222 g/mol. The monoisotopic (exact) mass is 231 g/mol. The van der Waals surface area contributed by atoms with Gasteiger partial charge >= 0.3 is 0 Å². The minimum atomic E-state index is 0.764. The molecule has 1 fully saturated rings. The van der Waals surface area contributed by atoms with Crippen molar-refractivity contribution >= 4 is 27.3 Å². The first-order chi connectivity index (χ1) is 5.31. The predicted molar refractivity (Wildman–Crippen MR) is 51.9 cm³/mol. The molecule has 0 radical (unpaired) electrons. The average molecular weight is 232 g/mol. The maximum Gasteiger partial charge on any atom is 0.0285 e. The highest BCUT2D eigenvalue weighted by atomic mass is 79.9. The van der Waals surface area contributed by atoms with E-state index >= 15 is 0 Å². The summed E-state index contributed by atoms with van der Waals surface area (Å²) in [6.07, 6.45) is 1.30. The highest BCUT2D eigenvalue weighted by Gasteiger charge is 2.37. The van der Waals surface area contributed by atoms with E-state index in [9.17, 15) is 0 Å². The molecule has 0 saturated heterocycles. The van der Waals surface area contributed by atoms with Gasteiger partial charge in [0.25, 0.3) is 0 Å². The van der Waals surface area contributed by atoms with Crippen molar-refractivity contribution in [2.24, 2.45) is 11.7 Å². The molecule has 0 aromatic carbocycles. The fraction of sp³-hybridized carbons (Fsp3) is 0.500. The molecule has 0 spiro atoms. The molecule has 3 heteroatoms. The van der Waals surface area contributed by atoms with E-state index in [0.717, 1.165) is 18.4 Å². The Morgan fingerprint density at radius 2 is 2.55 bits per heavy atom. The zero-order valence-electron chi connectivity index (χ0n) is 6.09. The van der Waals surface area contributed by atoms with Gasteiger partial charge in [0.1, 0.15) is 0 Å². The third-order valence-electron chi connectivity index (χ3n) is 2.18. The second-order valence-electron chi connectivity index (χ2n) is 3.01. The highest BCUT2D eigenvalue weighted by Crippen LogP contribution is 2.49. The van der Waals surface area contributed by atoms with E-state index in [1.165, 1.54) is 15.8 Å². The van der Waals surface area contributed by atoms with Gasteiger partial charge in [0.15, 0.2) is 0 Å². The summed E-state index contributed by atoms with van der Waals surface area (Å²) in [6, 6.07) is 2.21. The van der Waals surface area contributed by atoms with Crippen LogP contribution in [0, 0.1) is 5.92 Å². The molecule has 60 valence electrons. The summed E-state index contributed by atoms with van der Waals surface area (Å²) < 4.78 is 1.21. The SMILES string of the molecule is NCC1CC1c1cc(Br)cs1. The molecule has 2 N–H and O–H groups in total. The van der Waals surface area contributed by atoms with Crippen molar-refractivity contribution in [3.63, 3.8) is 0 Å². The summed E-state index contributed by atoms with van der Waals surface area (Å²) in [7, 11) is 0. The van der Waals surface area contributed by atoms with Gasteiger partial charge < -0.3 is 5.73 Å². The molecule has 1 aromatic heterocycles. The molecule has 2 rings (SSSR count). The molecule has 11 heavy (non-hydrogen) atoms. The third-order valence-corrected chi connectivity index (χ3v) is 4.00. The fourth-order valence-corrected chi connectivity index (χ4v) is 3.03. The topological polar surface area (TPSA) is 26.0 Å². The first-order valence-corrected chi connectivity index (χ1v) is 5.42. The van der Waals surface area contributed by atoms with Gasteiger partial charge in [-0.3, -0.25) is 0 Å². The summed E-state index contributed by atoms with van der Waals surface area (Å²) >= 11 is 5.29. The summed E-state index contributed by atoms with van der Waals surface area (Å²) in [5.74, 6) is 1.54. The van der Waals surface area contributed by atoms with Crippen LogP contribution in [0.5, 0.6) is 0 Å². The lowest BCUT2D eigenvalue weighted by Crippen LogP contribution is -2.01. The third kappa shape index (κ3) is 1.50. The Labute approximate surface area is 78.7 Å². The van der Waals surface area contributed by atoms with Gasteiger partial charge in [-0.25, -0.2) is 0 Å². The Hall–Kier alpha value is 0.140. The molecule has 1 saturated carbocycles. The lowest BCUT2D eigenvalue weighted by Gasteiger charge is -1.90. The number of thiophene rings is 1. The first-order valence-electron chi connectivity index (χ1n) is 3.75. The van der Waals surface area contributed by atoms with E-state index in [1.807, 2.05) is 11.3 Å². The van der Waals surface area contributed by atoms with Crippen molar-refractivity contribution in [2.45, 2.75) is 12.3 Å². The van der Waals surface area contributed by atoms with E-state index in [4.69, 9.17) is 5.73 Å². The zero-order chi connectivity index (χ0) is 7.84. The lowest BCUT2D eigenvalue weighted by atomic mass is 10.3. The van der Waals surface area contributed by atoms with Crippen LogP contribution >= 0.6 is 27.3 Å². The van der Waals surface area contributed by atoms with Crippen LogP contribution in [0.4, 0.5) is 0 Å². The molecule has 2 atom stereocenters. The van der Waals surface area contributed by atoms with Gasteiger partial charge in [-0.2, -0.15) is 0 Å². The number of hydrogen-bond donors (Lipinski definition) is 1. The van der Waals surface area contributed by atoms with Crippen LogP contribution in [0.1, 0.15) is 17.2 Å². The minimum Gasteiger partial charge on any atom is -0.330 e. The Bertz CT molecular complexity index is 258. The van der Waals surface area contributed by atoms with E-state index in [-0.39, 0.29) is 0 Å². The van der Waals surface area contributed by atoms with E-state index in [0.29, 0.717) is 0 Å². The van der Waals surface area contributed by atoms with Gasteiger partial charge in [0, 0.05) is 14.7 Å². The van der Waals surface area contributed by atoms with Gasteiger partial charge in [-0.15, -0.1) is 11.3 Å². The molecular formula is C8H10BrNS. The van der Waals surface area contributed by atoms with Crippen molar-refractivity contribution in [3.05, 3.63) is 20.8 Å². The molecule has 0 amide bonds. The van der Waals surface area contributed by atoms with E-state index in [1.54, 1.807) is 0 Å². The molecule has 1 aliphatic carbocycles. The predicted octanol–water partition coefficient (Wildman–Crippen LogP) is 2.57. The van der Waals surface area contributed by atoms with Crippen molar-refractivity contribution in [1.82, 2.24) is 0 Å². The highest BCUT2D eigenvalue weighted by molar-refractivity contribution is 9.10. The van der Waals surface area contributed by atoms with Crippen LogP contribution in [0.3, 0.4) is 0 Å². The molecule has 1 aliphatic rings. The fourth-order valence-electron chi connectivity index (χ4n) is 1.38. The summed E-state index contributed by atoms with van der Waals surface area (Å²) in [5.41, 5.74) is 5.56. The van der Waals surface area contributed by atoms with Crippen LogP contribution in [-0.4, -0.2) is 6.54 Å². The van der Waals surface area contributed by atoms with E-state index < -0.39 is 0 Å². The smallest absolute Gasteiger partial charge is 0.0285 e. The lowest BCUT2D eigenvalue weighted by molar-refractivity contribution is 0.815. The number of nitrogens with two attached hydrogens (primary N) is 1. The van der Waals surface area contributed by atoms with Crippen molar-refractivity contribution < 1.29 is 0 Å². The summed E-state index contributed by atoms with van der Waals surface area (Å²) in [5, 5.41) is 2.14. The Kier molecular flexibility index (Phi) is 2.04. The van der Waals surface area contributed by atoms with Gasteiger partial charge in [0.05, 0.1) is 0 Å². The Morgan fingerprint density at radius 1 is 1.73 bits per heavy atom. The molecule has 1 nitrogen and oxygen atoms in total. The zero-order valence-corrected chi connectivity index (χ0v) is 8.49. The van der Waals surface area contributed by atoms with Crippen LogP contribution < -0.4 is 5.73 Å². The van der Waals surface area contributed by atoms with Crippen LogP contribution in [-0.2, 0) is 0 Å². The normalized spacial score (nSPS) is 28.9. The number of halogens is 1. The van der Waals surface area contributed by atoms with Crippen LogP contribution in [0.25, 0.3) is 0 Å². The molecule has 0 bridgehead atoms. The maximum absolute atomic E-state index is 5.56. The van der Waals surface area contributed by atoms with Gasteiger partial charge in [0.2, 0.25) is 0 Å². The Morgan fingerprint density at radius 3 is 3.00 bits per heavy atom.